The normalized spacial score (nSPS) is 16.0. The maximum atomic E-state index is 11.3. The molecule has 0 aromatic heterocycles. The lowest BCUT2D eigenvalue weighted by Crippen LogP contribution is -2.36. The van der Waals surface area contributed by atoms with E-state index < -0.39 is 6.03 Å². The molecule has 2 amide bonds. The van der Waals surface area contributed by atoms with E-state index in [1.54, 1.807) is 6.07 Å². The van der Waals surface area contributed by atoms with Crippen LogP contribution in [0.1, 0.15) is 5.56 Å². The molecule has 1 aromatic rings. The first-order chi connectivity index (χ1) is 6.20. The van der Waals surface area contributed by atoms with E-state index in [1.165, 1.54) is 0 Å². The first-order valence-electron chi connectivity index (χ1n) is 3.71. The van der Waals surface area contributed by atoms with Crippen LogP contribution in [0.3, 0.4) is 0 Å². The summed E-state index contributed by atoms with van der Waals surface area (Å²) in [5.74, 6) is 0. The van der Waals surface area contributed by atoms with Gasteiger partial charge in [-0.05, 0) is 11.6 Å². The Bertz CT molecular complexity index is 356. The molecule has 0 radical (unpaired) electrons. The number of halogens is 2. The van der Waals surface area contributed by atoms with E-state index in [9.17, 15) is 4.79 Å². The number of benzene rings is 1. The van der Waals surface area contributed by atoms with Crippen LogP contribution in [0, 0.1) is 0 Å². The van der Waals surface area contributed by atoms with Gasteiger partial charge in [-0.1, -0.05) is 18.2 Å². The Labute approximate surface area is 85.7 Å². The van der Waals surface area contributed by atoms with Gasteiger partial charge in [0.1, 0.15) is 0 Å². The van der Waals surface area contributed by atoms with Crippen molar-refractivity contribution in [2.45, 2.75) is 6.54 Å². The molecule has 0 unspecified atom stereocenters. The molecule has 2 rings (SSSR count). The second kappa shape index (κ2) is 3.09. The third-order valence-electron chi connectivity index (χ3n) is 1.89. The Kier molecular flexibility index (Phi) is 2.06. The van der Waals surface area contributed by atoms with Crippen molar-refractivity contribution < 1.29 is 4.79 Å². The summed E-state index contributed by atoms with van der Waals surface area (Å²) in [5.41, 5.74) is 1.64. The van der Waals surface area contributed by atoms with Crippen molar-refractivity contribution in [1.29, 1.82) is 0 Å². The van der Waals surface area contributed by atoms with Crippen molar-refractivity contribution in [2.75, 3.05) is 4.42 Å². The highest BCUT2D eigenvalue weighted by atomic mass is 35.5. The summed E-state index contributed by atoms with van der Waals surface area (Å²) < 4.78 is 2.07. The minimum absolute atomic E-state index is 0.389. The van der Waals surface area contributed by atoms with Gasteiger partial charge in [0, 0.05) is 23.6 Å². The number of carbonyl (C=O) groups is 1. The van der Waals surface area contributed by atoms with Crippen molar-refractivity contribution in [3.8, 4) is 0 Å². The summed E-state index contributed by atoms with van der Waals surface area (Å²) in [6.45, 7) is 0.389. The monoisotopic (exact) mass is 216 g/mol. The standard InChI is InChI=1S/C8H6Cl2N2O/c9-11-5-6-3-1-2-4-7(6)12(10)8(11)13/h1-4H,5H2. The third kappa shape index (κ3) is 1.34. The van der Waals surface area contributed by atoms with Crippen molar-refractivity contribution in [1.82, 2.24) is 4.42 Å². The van der Waals surface area contributed by atoms with Crippen LogP contribution in [0.15, 0.2) is 24.3 Å². The Morgan fingerprint density at radius 1 is 1.23 bits per heavy atom. The van der Waals surface area contributed by atoms with Crippen LogP contribution in [0.25, 0.3) is 0 Å². The van der Waals surface area contributed by atoms with E-state index in [4.69, 9.17) is 23.6 Å². The number of rotatable bonds is 0. The summed E-state index contributed by atoms with van der Waals surface area (Å²) >= 11 is 11.4. The molecule has 0 saturated heterocycles. The fourth-order valence-corrected chi connectivity index (χ4v) is 1.75. The van der Waals surface area contributed by atoms with E-state index in [2.05, 4.69) is 0 Å². The second-order valence-corrected chi connectivity index (χ2v) is 3.46. The van der Waals surface area contributed by atoms with E-state index in [0.717, 1.165) is 14.4 Å². The van der Waals surface area contributed by atoms with E-state index in [1.807, 2.05) is 18.2 Å². The lowest BCUT2D eigenvalue weighted by molar-refractivity contribution is 0.231. The summed E-state index contributed by atoms with van der Waals surface area (Å²) in [6, 6.07) is 6.95. The van der Waals surface area contributed by atoms with E-state index >= 15 is 0 Å². The number of carbonyl (C=O) groups excluding carboxylic acids is 1. The van der Waals surface area contributed by atoms with E-state index in [0.29, 0.717) is 12.2 Å². The molecule has 0 spiro atoms. The molecular weight excluding hydrogens is 211 g/mol. The molecule has 13 heavy (non-hydrogen) atoms. The summed E-state index contributed by atoms with van der Waals surface area (Å²) in [7, 11) is 0. The molecule has 0 fully saturated rings. The van der Waals surface area contributed by atoms with Gasteiger partial charge in [0.15, 0.2) is 0 Å². The zero-order valence-electron chi connectivity index (χ0n) is 6.58. The minimum Gasteiger partial charge on any atom is -0.245 e. The number of urea groups is 1. The molecule has 1 aromatic carbocycles. The number of para-hydroxylation sites is 1. The summed E-state index contributed by atoms with van der Waals surface area (Å²) in [4.78, 5) is 11.3. The third-order valence-corrected chi connectivity index (χ3v) is 2.48. The first kappa shape index (κ1) is 8.66. The number of amides is 2. The lowest BCUT2D eigenvalue weighted by Gasteiger charge is -2.27. The topological polar surface area (TPSA) is 23.6 Å². The van der Waals surface area contributed by atoms with Gasteiger partial charge in [0.05, 0.1) is 12.2 Å². The molecule has 5 heteroatoms. The highest BCUT2D eigenvalue weighted by molar-refractivity contribution is 6.40. The van der Waals surface area contributed by atoms with Crippen molar-refractivity contribution in [2.24, 2.45) is 0 Å². The Hall–Kier alpha value is -0.930. The fourth-order valence-electron chi connectivity index (χ4n) is 1.25. The molecule has 3 nitrogen and oxygen atoms in total. The van der Waals surface area contributed by atoms with Gasteiger partial charge in [-0.3, -0.25) is 0 Å². The predicted molar refractivity (Wildman–Crippen MR) is 51.6 cm³/mol. The van der Waals surface area contributed by atoms with Gasteiger partial charge >= 0.3 is 6.03 Å². The quantitative estimate of drug-likeness (QED) is 0.613. The van der Waals surface area contributed by atoms with Crippen molar-refractivity contribution in [3.63, 3.8) is 0 Å². The lowest BCUT2D eigenvalue weighted by atomic mass is 10.1. The van der Waals surface area contributed by atoms with Crippen LogP contribution >= 0.6 is 23.6 Å². The number of hydrogen-bond donors (Lipinski definition) is 0. The molecule has 0 N–H and O–H groups in total. The van der Waals surface area contributed by atoms with E-state index in [-0.39, 0.29) is 0 Å². The SMILES string of the molecule is O=C1N(Cl)Cc2ccccc2N1Cl. The first-order valence-corrected chi connectivity index (χ1v) is 4.39. The number of nitrogens with zero attached hydrogens (tertiary/aromatic N) is 2. The minimum atomic E-state index is -0.415. The average molecular weight is 217 g/mol. The molecule has 0 bridgehead atoms. The largest absolute Gasteiger partial charge is 0.354 e. The van der Waals surface area contributed by atoms with Crippen LogP contribution in [0.2, 0.25) is 0 Å². The highest BCUT2D eigenvalue weighted by Gasteiger charge is 2.27. The number of anilines is 1. The predicted octanol–water partition coefficient (Wildman–Crippen LogP) is 2.74. The zero-order valence-corrected chi connectivity index (χ0v) is 8.09. The van der Waals surface area contributed by atoms with Gasteiger partial charge in [0.2, 0.25) is 0 Å². The molecule has 0 atom stereocenters. The molecule has 1 aliphatic rings. The van der Waals surface area contributed by atoms with Gasteiger partial charge in [0.25, 0.3) is 0 Å². The molecule has 0 aliphatic carbocycles. The highest BCUT2D eigenvalue weighted by Crippen LogP contribution is 2.30. The second-order valence-electron chi connectivity index (χ2n) is 2.71. The van der Waals surface area contributed by atoms with Crippen molar-refractivity contribution in [3.05, 3.63) is 29.8 Å². The average Bonchev–Trinajstić information content (AvgIpc) is 2.15. The van der Waals surface area contributed by atoms with Gasteiger partial charge in [-0.25, -0.2) is 13.6 Å². The van der Waals surface area contributed by atoms with Crippen molar-refractivity contribution >= 4 is 35.3 Å². The summed E-state index contributed by atoms with van der Waals surface area (Å²) in [5, 5.41) is 0. The maximum absolute atomic E-state index is 11.3. The van der Waals surface area contributed by atoms with Gasteiger partial charge < -0.3 is 0 Å². The molecule has 1 aliphatic heterocycles. The van der Waals surface area contributed by atoms with Crippen LogP contribution < -0.4 is 4.42 Å². The Morgan fingerprint density at radius 3 is 2.69 bits per heavy atom. The molecule has 1 heterocycles. The van der Waals surface area contributed by atoms with Gasteiger partial charge in [-0.2, -0.15) is 0 Å². The molecule has 0 saturated carbocycles. The zero-order chi connectivity index (χ0) is 9.42. The maximum Gasteiger partial charge on any atom is 0.354 e. The molecular formula is C8H6Cl2N2O. The van der Waals surface area contributed by atoms with Gasteiger partial charge in [-0.15, -0.1) is 0 Å². The smallest absolute Gasteiger partial charge is 0.245 e. The van der Waals surface area contributed by atoms with Crippen LogP contribution in [0.5, 0.6) is 0 Å². The number of fused-ring (bicyclic) bond motifs is 1. The molecule has 68 valence electrons. The van der Waals surface area contributed by atoms with Crippen LogP contribution in [-0.2, 0) is 6.54 Å². The summed E-state index contributed by atoms with van der Waals surface area (Å²) in [6.07, 6.45) is 0. The van der Waals surface area contributed by atoms with Crippen LogP contribution in [0.4, 0.5) is 10.5 Å². The van der Waals surface area contributed by atoms with Crippen LogP contribution in [-0.4, -0.2) is 10.5 Å². The fraction of sp³-hybridized carbons (Fsp3) is 0.125. The Morgan fingerprint density at radius 2 is 1.92 bits per heavy atom. The number of hydrogen-bond acceptors (Lipinski definition) is 1. The Balaban J connectivity index is 2.49.